The lowest BCUT2D eigenvalue weighted by Gasteiger charge is -2.25. The number of anilines is 1. The van der Waals surface area contributed by atoms with Crippen molar-refractivity contribution in [1.82, 2.24) is 5.43 Å². The van der Waals surface area contributed by atoms with Gasteiger partial charge < -0.3 is 4.74 Å². The Kier molecular flexibility index (Phi) is 4.83. The molecule has 1 aliphatic heterocycles. The zero-order valence-corrected chi connectivity index (χ0v) is 15.8. The number of hydrazine groups is 1. The molecular weight excluding hydrogens is 378 g/mol. The fourth-order valence-electron chi connectivity index (χ4n) is 2.94. The summed E-state index contributed by atoms with van der Waals surface area (Å²) < 4.78 is 28.4. The van der Waals surface area contributed by atoms with Crippen LogP contribution in [0, 0.1) is 0 Å². The number of ether oxygens (including phenoxy) is 1. The molecule has 0 saturated heterocycles. The molecule has 1 atom stereocenters. The third-order valence-electron chi connectivity index (χ3n) is 4.22. The Labute approximate surface area is 156 Å². The SMILES string of the molecule is COc1ccc2c(c1)C[C@H](C)N2NC(=O)c1ccc(Cl)c(S(N)(=O)=O)c1. The first-order chi connectivity index (χ1) is 12.2. The molecule has 0 aliphatic carbocycles. The van der Waals surface area contributed by atoms with E-state index in [1.165, 1.54) is 18.2 Å². The van der Waals surface area contributed by atoms with E-state index in [0.29, 0.717) is 0 Å². The van der Waals surface area contributed by atoms with E-state index in [4.69, 9.17) is 21.5 Å². The number of halogens is 1. The number of nitrogens with two attached hydrogens (primary N) is 1. The highest BCUT2D eigenvalue weighted by Crippen LogP contribution is 2.33. The molecule has 1 heterocycles. The van der Waals surface area contributed by atoms with Gasteiger partial charge in [0, 0.05) is 5.56 Å². The number of benzene rings is 2. The number of amides is 1. The molecule has 7 nitrogen and oxygen atoms in total. The van der Waals surface area contributed by atoms with Crippen LogP contribution >= 0.6 is 11.6 Å². The molecule has 0 saturated carbocycles. The number of primary sulfonamides is 1. The maximum absolute atomic E-state index is 12.6. The summed E-state index contributed by atoms with van der Waals surface area (Å²) >= 11 is 5.86. The molecule has 3 N–H and O–H groups in total. The number of nitrogens with zero attached hydrogens (tertiary/aromatic N) is 1. The van der Waals surface area contributed by atoms with Crippen molar-refractivity contribution in [3.8, 4) is 5.75 Å². The molecule has 9 heteroatoms. The summed E-state index contributed by atoms with van der Waals surface area (Å²) in [4.78, 5) is 12.3. The fourth-order valence-corrected chi connectivity index (χ4v) is 4.01. The van der Waals surface area contributed by atoms with Crippen molar-refractivity contribution >= 4 is 33.2 Å². The number of fused-ring (bicyclic) bond motifs is 1. The molecule has 3 rings (SSSR count). The highest BCUT2D eigenvalue weighted by atomic mass is 35.5. The van der Waals surface area contributed by atoms with Gasteiger partial charge in [0.1, 0.15) is 10.6 Å². The molecule has 1 aliphatic rings. The lowest BCUT2D eigenvalue weighted by Crippen LogP contribution is -2.45. The van der Waals surface area contributed by atoms with Gasteiger partial charge >= 0.3 is 0 Å². The molecule has 0 unspecified atom stereocenters. The van der Waals surface area contributed by atoms with Crippen LogP contribution in [0.25, 0.3) is 0 Å². The molecule has 26 heavy (non-hydrogen) atoms. The normalized spacial score (nSPS) is 16.3. The first-order valence-corrected chi connectivity index (χ1v) is 9.72. The van der Waals surface area contributed by atoms with Gasteiger partial charge in [0.25, 0.3) is 5.91 Å². The Morgan fingerprint density at radius 1 is 1.31 bits per heavy atom. The number of rotatable bonds is 4. The quantitative estimate of drug-likeness (QED) is 0.825. The first kappa shape index (κ1) is 18.5. The standard InChI is InChI=1S/C17H18ClN3O4S/c1-10-7-12-8-13(25-2)4-6-15(12)21(10)20-17(22)11-3-5-14(18)16(9-11)26(19,23)24/h3-6,8-10H,7H2,1-2H3,(H,20,22)(H2,19,23,24)/t10-/m0/s1. The highest BCUT2D eigenvalue weighted by Gasteiger charge is 2.28. The number of hydrogen-bond acceptors (Lipinski definition) is 5. The van der Waals surface area contributed by atoms with Crippen molar-refractivity contribution in [1.29, 1.82) is 0 Å². The van der Waals surface area contributed by atoms with Crippen LogP contribution in [0.3, 0.4) is 0 Å². The van der Waals surface area contributed by atoms with E-state index in [9.17, 15) is 13.2 Å². The van der Waals surface area contributed by atoms with Crippen molar-refractivity contribution in [3.05, 3.63) is 52.5 Å². The molecule has 0 fully saturated rings. The predicted octanol–water partition coefficient (Wildman–Crippen LogP) is 2.09. The second kappa shape index (κ2) is 6.79. The summed E-state index contributed by atoms with van der Waals surface area (Å²) in [6.45, 7) is 1.98. The van der Waals surface area contributed by atoms with Crippen molar-refractivity contribution in [2.24, 2.45) is 5.14 Å². The van der Waals surface area contributed by atoms with Crippen molar-refractivity contribution in [2.75, 3.05) is 12.1 Å². The van der Waals surface area contributed by atoms with Gasteiger partial charge in [-0.3, -0.25) is 15.2 Å². The van der Waals surface area contributed by atoms with Gasteiger partial charge in [-0.05, 0) is 55.3 Å². The molecule has 2 aromatic rings. The van der Waals surface area contributed by atoms with Gasteiger partial charge in [0.2, 0.25) is 10.0 Å². The van der Waals surface area contributed by atoms with Crippen LogP contribution in [0.5, 0.6) is 5.75 Å². The third-order valence-corrected chi connectivity index (χ3v) is 5.62. The first-order valence-electron chi connectivity index (χ1n) is 7.80. The smallest absolute Gasteiger partial charge is 0.269 e. The summed E-state index contributed by atoms with van der Waals surface area (Å²) in [6, 6.07) is 9.60. The maximum atomic E-state index is 12.6. The summed E-state index contributed by atoms with van der Waals surface area (Å²) in [7, 11) is -2.42. The lowest BCUT2D eigenvalue weighted by molar-refractivity contribution is 0.0946. The van der Waals surface area contributed by atoms with E-state index in [2.05, 4.69) is 5.43 Å². The van der Waals surface area contributed by atoms with Gasteiger partial charge in [0.15, 0.2) is 0 Å². The highest BCUT2D eigenvalue weighted by molar-refractivity contribution is 7.89. The average molecular weight is 396 g/mol. The second-order valence-electron chi connectivity index (χ2n) is 6.05. The van der Waals surface area contributed by atoms with Crippen LogP contribution in [-0.2, 0) is 16.4 Å². The number of sulfonamides is 1. The van der Waals surface area contributed by atoms with Crippen LogP contribution in [0.4, 0.5) is 5.69 Å². The van der Waals surface area contributed by atoms with E-state index in [1.54, 1.807) is 12.1 Å². The average Bonchev–Trinajstić information content (AvgIpc) is 2.88. The maximum Gasteiger partial charge on any atom is 0.269 e. The number of carbonyl (C=O) groups excluding carboxylic acids is 1. The molecule has 0 radical (unpaired) electrons. The Morgan fingerprint density at radius 3 is 2.69 bits per heavy atom. The van der Waals surface area contributed by atoms with Crippen LogP contribution in [0.15, 0.2) is 41.3 Å². The number of carbonyl (C=O) groups is 1. The molecule has 0 aromatic heterocycles. The van der Waals surface area contributed by atoms with Crippen molar-refractivity contribution < 1.29 is 17.9 Å². The summed E-state index contributed by atoms with van der Waals surface area (Å²) in [5, 5.41) is 6.86. The Hall–Kier alpha value is -2.29. The molecule has 138 valence electrons. The van der Waals surface area contributed by atoms with Crippen molar-refractivity contribution in [3.63, 3.8) is 0 Å². The largest absolute Gasteiger partial charge is 0.497 e. The van der Waals surface area contributed by atoms with Gasteiger partial charge in [-0.25, -0.2) is 13.6 Å². The fraction of sp³-hybridized carbons (Fsp3) is 0.235. The van der Waals surface area contributed by atoms with E-state index in [1.807, 2.05) is 25.1 Å². The summed E-state index contributed by atoms with van der Waals surface area (Å²) in [6.07, 6.45) is 0.746. The topological polar surface area (TPSA) is 102 Å². The Bertz CT molecular complexity index is 978. The molecule has 0 bridgehead atoms. The third kappa shape index (κ3) is 3.48. The van der Waals surface area contributed by atoms with Crippen molar-refractivity contribution in [2.45, 2.75) is 24.3 Å². The predicted molar refractivity (Wildman–Crippen MR) is 98.9 cm³/mol. The zero-order chi connectivity index (χ0) is 19.1. The number of methoxy groups -OCH3 is 1. The molecule has 2 aromatic carbocycles. The van der Waals surface area contributed by atoms with Gasteiger partial charge in [-0.15, -0.1) is 0 Å². The lowest BCUT2D eigenvalue weighted by atomic mass is 10.1. The van der Waals surface area contributed by atoms with Gasteiger partial charge in [0.05, 0.1) is 23.9 Å². The van der Waals surface area contributed by atoms with E-state index in [-0.39, 0.29) is 21.5 Å². The summed E-state index contributed by atoms with van der Waals surface area (Å²) in [5.41, 5.74) is 4.88. The molecule has 0 spiro atoms. The molecular formula is C17H18ClN3O4S. The number of hydrogen-bond donors (Lipinski definition) is 2. The Balaban J connectivity index is 1.88. The van der Waals surface area contributed by atoms with Crippen LogP contribution in [0.2, 0.25) is 5.02 Å². The monoisotopic (exact) mass is 395 g/mol. The minimum Gasteiger partial charge on any atom is -0.497 e. The minimum absolute atomic E-state index is 0.0315. The zero-order valence-electron chi connectivity index (χ0n) is 14.2. The van der Waals surface area contributed by atoms with E-state index >= 15 is 0 Å². The van der Waals surface area contributed by atoms with Crippen LogP contribution in [-0.4, -0.2) is 27.5 Å². The van der Waals surface area contributed by atoms with Gasteiger partial charge in [-0.2, -0.15) is 0 Å². The summed E-state index contributed by atoms with van der Waals surface area (Å²) in [5.74, 6) is 0.293. The minimum atomic E-state index is -4.02. The van der Waals surface area contributed by atoms with E-state index < -0.39 is 15.9 Å². The van der Waals surface area contributed by atoms with Crippen LogP contribution in [0.1, 0.15) is 22.8 Å². The second-order valence-corrected chi connectivity index (χ2v) is 7.99. The molecule has 1 amide bonds. The van der Waals surface area contributed by atoms with Gasteiger partial charge in [-0.1, -0.05) is 11.6 Å². The number of nitrogens with one attached hydrogen (secondary N) is 1. The Morgan fingerprint density at radius 2 is 2.04 bits per heavy atom. The van der Waals surface area contributed by atoms with E-state index in [0.717, 1.165) is 23.4 Å². The van der Waals surface area contributed by atoms with Crippen LogP contribution < -0.4 is 20.3 Å².